The largest absolute Gasteiger partial charge is 0.573 e. The van der Waals surface area contributed by atoms with Gasteiger partial charge in [-0.15, -0.1) is 13.2 Å². The Balaban J connectivity index is 2.88. The monoisotopic (exact) mass is 302 g/mol. The highest BCUT2D eigenvalue weighted by Gasteiger charge is 2.32. The quantitative estimate of drug-likeness (QED) is 0.803. The average molecular weight is 302 g/mol. The van der Waals surface area contributed by atoms with Gasteiger partial charge in [0.25, 0.3) is 0 Å². The highest BCUT2D eigenvalue weighted by Crippen LogP contribution is 2.24. The van der Waals surface area contributed by atoms with E-state index in [1.807, 2.05) is 0 Å². The summed E-state index contributed by atoms with van der Waals surface area (Å²) in [5.74, 6) is -2.67. The van der Waals surface area contributed by atoms with Crippen LogP contribution in [-0.2, 0) is 9.53 Å². The van der Waals surface area contributed by atoms with Crippen LogP contribution in [0.5, 0.6) is 5.75 Å². The fourth-order valence-electron chi connectivity index (χ4n) is 1.36. The minimum atomic E-state index is -4.83. The molecule has 21 heavy (non-hydrogen) atoms. The van der Waals surface area contributed by atoms with Gasteiger partial charge in [0.1, 0.15) is 11.4 Å². The Morgan fingerprint density at radius 3 is 2.33 bits per heavy atom. The van der Waals surface area contributed by atoms with E-state index in [-0.39, 0.29) is 5.69 Å². The Bertz CT molecular complexity index is 542. The number of carbonyl (C=O) groups excluding carboxylic acids is 1. The molecule has 0 unspecified atom stereocenters. The Morgan fingerprint density at radius 1 is 1.33 bits per heavy atom. The second-order valence-electron chi connectivity index (χ2n) is 5.06. The van der Waals surface area contributed by atoms with Crippen molar-refractivity contribution in [2.45, 2.75) is 38.7 Å². The summed E-state index contributed by atoms with van der Waals surface area (Å²) < 4.78 is 44.7. The number of alkyl halides is 3. The third-order valence-corrected chi connectivity index (χ3v) is 2.06. The highest BCUT2D eigenvalue weighted by molar-refractivity contribution is 5.81. The van der Waals surface area contributed by atoms with E-state index in [9.17, 15) is 18.0 Å². The number of pyridine rings is 1. The van der Waals surface area contributed by atoms with Crippen molar-refractivity contribution in [1.82, 2.24) is 4.98 Å². The lowest BCUT2D eigenvalue weighted by atomic mass is 10.1. The minimum Gasteiger partial charge on any atom is -0.459 e. The van der Waals surface area contributed by atoms with E-state index in [0.717, 1.165) is 18.3 Å². The van der Waals surface area contributed by atoms with Crippen molar-refractivity contribution in [2.75, 3.05) is 0 Å². The number of aromatic nitrogens is 1. The molecule has 0 bridgehead atoms. The van der Waals surface area contributed by atoms with E-state index in [1.54, 1.807) is 26.8 Å². The number of ether oxygens (including phenoxy) is 2. The second-order valence-corrected chi connectivity index (χ2v) is 5.06. The third-order valence-electron chi connectivity index (χ3n) is 2.06. The van der Waals surface area contributed by atoms with Gasteiger partial charge in [0.2, 0.25) is 0 Å². The summed E-state index contributed by atoms with van der Waals surface area (Å²) in [5, 5.41) is 9.00. The number of hydrogen-bond donors (Lipinski definition) is 0. The van der Waals surface area contributed by atoms with Crippen LogP contribution in [0.15, 0.2) is 18.3 Å². The maximum Gasteiger partial charge on any atom is 0.573 e. The molecule has 0 aliphatic heterocycles. The Kier molecular flexibility index (Phi) is 4.78. The average Bonchev–Trinajstić information content (AvgIpc) is 2.28. The molecule has 0 saturated heterocycles. The van der Waals surface area contributed by atoms with Gasteiger partial charge in [-0.3, -0.25) is 9.78 Å². The smallest absolute Gasteiger partial charge is 0.459 e. The zero-order chi connectivity index (χ0) is 16.3. The second kappa shape index (κ2) is 5.99. The molecule has 1 heterocycles. The summed E-state index contributed by atoms with van der Waals surface area (Å²) in [7, 11) is 0. The first-order chi connectivity index (χ1) is 9.52. The molecule has 8 heteroatoms. The number of hydrogen-bond acceptors (Lipinski definition) is 5. The van der Waals surface area contributed by atoms with Crippen LogP contribution in [0.1, 0.15) is 32.4 Å². The summed E-state index contributed by atoms with van der Waals surface area (Å²) >= 11 is 0. The standard InChI is InChI=1S/C13H13F3N2O3/c1-12(2,3)21-11(19)9(6-17)10-5-4-8(7-18-10)20-13(14,15)16/h4-5,7,9H,1-3H3/t9-/m1/s1. The van der Waals surface area contributed by atoms with Gasteiger partial charge in [0, 0.05) is 0 Å². The minimum absolute atomic E-state index is 0.0127. The van der Waals surface area contributed by atoms with Crippen molar-refractivity contribution in [2.24, 2.45) is 0 Å². The Labute approximate surface area is 119 Å². The van der Waals surface area contributed by atoms with E-state index in [4.69, 9.17) is 10.00 Å². The van der Waals surface area contributed by atoms with Crippen molar-refractivity contribution in [1.29, 1.82) is 5.26 Å². The SMILES string of the molecule is CC(C)(C)OC(=O)[C@H](C#N)c1ccc(OC(F)(F)F)cn1. The fourth-order valence-corrected chi connectivity index (χ4v) is 1.36. The zero-order valence-corrected chi connectivity index (χ0v) is 11.6. The number of esters is 1. The number of rotatable bonds is 3. The topological polar surface area (TPSA) is 72.2 Å². The van der Waals surface area contributed by atoms with E-state index >= 15 is 0 Å². The van der Waals surface area contributed by atoms with Gasteiger partial charge in [0.15, 0.2) is 5.92 Å². The first kappa shape index (κ1) is 16.8. The summed E-state index contributed by atoms with van der Waals surface area (Å²) in [5.41, 5.74) is -0.799. The number of nitriles is 1. The maximum atomic E-state index is 12.0. The van der Waals surface area contributed by atoms with E-state index in [2.05, 4.69) is 9.72 Å². The van der Waals surface area contributed by atoms with Crippen molar-refractivity contribution in [3.63, 3.8) is 0 Å². The molecule has 114 valence electrons. The van der Waals surface area contributed by atoms with Gasteiger partial charge in [-0.25, -0.2) is 0 Å². The van der Waals surface area contributed by atoms with E-state index < -0.39 is 29.6 Å². The number of carbonyl (C=O) groups is 1. The number of nitrogens with zero attached hydrogens (tertiary/aromatic N) is 2. The first-order valence-corrected chi connectivity index (χ1v) is 5.86. The fraction of sp³-hybridized carbons (Fsp3) is 0.462. The van der Waals surface area contributed by atoms with Crippen LogP contribution in [0.25, 0.3) is 0 Å². The maximum absolute atomic E-state index is 12.0. The van der Waals surface area contributed by atoms with Gasteiger partial charge in [-0.05, 0) is 32.9 Å². The van der Waals surface area contributed by atoms with Gasteiger partial charge in [-0.2, -0.15) is 5.26 Å². The highest BCUT2D eigenvalue weighted by atomic mass is 19.4. The van der Waals surface area contributed by atoms with Gasteiger partial charge in [0.05, 0.1) is 18.0 Å². The Morgan fingerprint density at radius 2 is 1.95 bits per heavy atom. The summed E-state index contributed by atoms with van der Waals surface area (Å²) in [6.07, 6.45) is -4.04. The van der Waals surface area contributed by atoms with Crippen molar-refractivity contribution < 1.29 is 27.4 Å². The molecule has 0 spiro atoms. The van der Waals surface area contributed by atoms with Gasteiger partial charge < -0.3 is 9.47 Å². The molecule has 1 rings (SSSR count). The predicted molar refractivity (Wildman–Crippen MR) is 65.1 cm³/mol. The van der Waals surface area contributed by atoms with Crippen LogP contribution in [0.3, 0.4) is 0 Å². The van der Waals surface area contributed by atoms with Gasteiger partial charge in [-0.1, -0.05) is 0 Å². The van der Waals surface area contributed by atoms with Crippen LogP contribution >= 0.6 is 0 Å². The van der Waals surface area contributed by atoms with Crippen LogP contribution in [-0.4, -0.2) is 22.9 Å². The lowest BCUT2D eigenvalue weighted by molar-refractivity contribution is -0.274. The van der Waals surface area contributed by atoms with Crippen LogP contribution < -0.4 is 4.74 Å². The summed E-state index contributed by atoms with van der Waals surface area (Å²) in [6, 6.07) is 3.80. The molecule has 0 amide bonds. The summed E-state index contributed by atoms with van der Waals surface area (Å²) in [4.78, 5) is 15.4. The molecular weight excluding hydrogens is 289 g/mol. The third kappa shape index (κ3) is 5.69. The van der Waals surface area contributed by atoms with Crippen LogP contribution in [0.4, 0.5) is 13.2 Å². The van der Waals surface area contributed by atoms with Crippen LogP contribution in [0.2, 0.25) is 0 Å². The van der Waals surface area contributed by atoms with E-state index in [1.165, 1.54) is 0 Å². The predicted octanol–water partition coefficient (Wildman–Crippen LogP) is 2.93. The Hall–Kier alpha value is -2.30. The molecule has 0 aromatic carbocycles. The molecule has 1 atom stereocenters. The molecule has 0 saturated carbocycles. The lowest BCUT2D eigenvalue weighted by Gasteiger charge is -2.21. The molecule has 1 aromatic heterocycles. The normalized spacial score (nSPS) is 13.2. The first-order valence-electron chi connectivity index (χ1n) is 5.86. The molecule has 0 radical (unpaired) electrons. The molecule has 1 aromatic rings. The van der Waals surface area contributed by atoms with Crippen molar-refractivity contribution >= 4 is 5.97 Å². The summed E-state index contributed by atoms with van der Waals surface area (Å²) in [6.45, 7) is 4.90. The molecule has 0 aliphatic rings. The van der Waals surface area contributed by atoms with Crippen molar-refractivity contribution in [3.05, 3.63) is 24.0 Å². The molecule has 5 nitrogen and oxygen atoms in total. The molecule has 0 fully saturated rings. The zero-order valence-electron chi connectivity index (χ0n) is 11.6. The molecular formula is C13H13F3N2O3. The molecule has 0 aliphatic carbocycles. The number of halogens is 3. The van der Waals surface area contributed by atoms with E-state index in [0.29, 0.717) is 0 Å². The van der Waals surface area contributed by atoms with Crippen LogP contribution in [0, 0.1) is 11.3 Å². The van der Waals surface area contributed by atoms with Crippen molar-refractivity contribution in [3.8, 4) is 11.8 Å². The van der Waals surface area contributed by atoms with Gasteiger partial charge >= 0.3 is 12.3 Å². The molecule has 0 N–H and O–H groups in total. The lowest BCUT2D eigenvalue weighted by Crippen LogP contribution is -2.27.